The van der Waals surface area contributed by atoms with Crippen LogP contribution in [-0.4, -0.2) is 23.4 Å². The Morgan fingerprint density at radius 2 is 2.23 bits per heavy atom. The maximum Gasteiger partial charge on any atom is 0.161 e. The molecule has 1 aromatic rings. The van der Waals surface area contributed by atoms with Gasteiger partial charge in [0.05, 0.1) is 5.69 Å². The number of aryl methyl sites for hydroxylation is 1. The molecule has 3 nitrogen and oxygen atoms in total. The Labute approximate surface area is 91.0 Å². The second-order valence-electron chi connectivity index (χ2n) is 2.71. The molecule has 0 radical (unpaired) electrons. The highest BCUT2D eigenvalue weighted by atomic mass is 79.9. The molecule has 0 saturated carbocycles. The molecule has 0 unspecified atom stereocenters. The van der Waals surface area contributed by atoms with Gasteiger partial charge in [-0.15, -0.1) is 0 Å². The van der Waals surface area contributed by atoms with E-state index in [1.54, 1.807) is 6.20 Å². The lowest BCUT2D eigenvalue weighted by Crippen LogP contribution is -2.03. The van der Waals surface area contributed by atoms with E-state index in [-0.39, 0.29) is 0 Å². The number of rotatable bonds is 3. The molecule has 13 heavy (non-hydrogen) atoms. The summed E-state index contributed by atoms with van der Waals surface area (Å²) in [6.45, 7) is 1.91. The number of pyridine rings is 1. The molecule has 0 aliphatic rings. The first-order valence-corrected chi connectivity index (χ1v) is 5.23. The van der Waals surface area contributed by atoms with E-state index < -0.39 is 0 Å². The number of hydrogen-bond acceptors (Lipinski definition) is 4. The molecule has 0 aromatic carbocycles. The summed E-state index contributed by atoms with van der Waals surface area (Å²) in [7, 11) is 3.84. The molecule has 0 N–H and O–H groups in total. The van der Waals surface area contributed by atoms with Gasteiger partial charge in [0, 0.05) is 24.8 Å². The third kappa shape index (κ3) is 3.54. The Hall–Kier alpha value is -0.260. The van der Waals surface area contributed by atoms with Crippen LogP contribution < -0.4 is 4.18 Å². The van der Waals surface area contributed by atoms with Gasteiger partial charge in [-0.2, -0.15) is 0 Å². The van der Waals surface area contributed by atoms with E-state index in [0.29, 0.717) is 0 Å². The highest BCUT2D eigenvalue weighted by molar-refractivity contribution is 9.10. The minimum atomic E-state index is 0.785. The zero-order chi connectivity index (χ0) is 9.84. The summed E-state index contributed by atoms with van der Waals surface area (Å²) in [4.78, 5) is 4.15. The van der Waals surface area contributed by atoms with E-state index in [1.807, 2.05) is 31.4 Å². The summed E-state index contributed by atoms with van der Waals surface area (Å²) in [6.07, 6.45) is 1.75. The molecule has 0 fully saturated rings. The molecule has 72 valence electrons. The fraction of sp³-hybridized carbons (Fsp3) is 0.375. The first-order chi connectivity index (χ1) is 6.09. The monoisotopic (exact) mass is 262 g/mol. The average molecular weight is 263 g/mol. The fourth-order valence-corrected chi connectivity index (χ4v) is 1.40. The van der Waals surface area contributed by atoms with E-state index in [2.05, 4.69) is 20.9 Å². The second kappa shape index (κ2) is 4.83. The van der Waals surface area contributed by atoms with Crippen molar-refractivity contribution in [1.29, 1.82) is 0 Å². The molecule has 0 atom stereocenters. The highest BCUT2D eigenvalue weighted by Gasteiger charge is 2.03. The lowest BCUT2D eigenvalue weighted by Gasteiger charge is -2.10. The Morgan fingerprint density at radius 1 is 1.54 bits per heavy atom. The summed E-state index contributed by atoms with van der Waals surface area (Å²) < 4.78 is 8.23. The number of hydrogen-bond donors (Lipinski definition) is 0. The molecule has 0 aliphatic carbocycles. The largest absolute Gasteiger partial charge is 0.407 e. The lowest BCUT2D eigenvalue weighted by molar-refractivity contribution is 0.569. The van der Waals surface area contributed by atoms with E-state index in [1.165, 1.54) is 12.2 Å². The molecule has 0 bridgehead atoms. The van der Waals surface area contributed by atoms with Gasteiger partial charge in [-0.05, 0) is 28.9 Å². The Morgan fingerprint density at radius 3 is 2.85 bits per heavy atom. The average Bonchev–Trinajstić information content (AvgIpc) is 2.06. The van der Waals surface area contributed by atoms with Gasteiger partial charge in [0.15, 0.2) is 5.75 Å². The molecular formula is C8H11BrN2OS. The van der Waals surface area contributed by atoms with Crippen molar-refractivity contribution in [3.8, 4) is 5.75 Å². The van der Waals surface area contributed by atoms with E-state index in [0.717, 1.165) is 15.9 Å². The Balaban J connectivity index is 2.70. The van der Waals surface area contributed by atoms with Crippen LogP contribution in [0.1, 0.15) is 5.69 Å². The fourth-order valence-electron chi connectivity index (χ4n) is 0.688. The minimum absolute atomic E-state index is 0.785. The zero-order valence-corrected chi connectivity index (χ0v) is 10.1. The van der Waals surface area contributed by atoms with Crippen LogP contribution in [0.25, 0.3) is 0 Å². The third-order valence-electron chi connectivity index (χ3n) is 1.28. The normalized spacial score (nSPS) is 10.5. The lowest BCUT2D eigenvalue weighted by atomic mass is 10.3. The van der Waals surface area contributed by atoms with Gasteiger partial charge in [0.2, 0.25) is 0 Å². The van der Waals surface area contributed by atoms with Crippen LogP contribution in [0.15, 0.2) is 16.7 Å². The third-order valence-corrected chi connectivity index (χ3v) is 2.27. The molecule has 0 spiro atoms. The predicted octanol–water partition coefficient (Wildman–Crippen LogP) is 2.66. The van der Waals surface area contributed by atoms with Gasteiger partial charge in [-0.25, -0.2) is 4.31 Å². The van der Waals surface area contributed by atoms with Gasteiger partial charge in [-0.1, -0.05) is 0 Å². The summed E-state index contributed by atoms with van der Waals surface area (Å²) >= 11 is 4.62. The number of halogens is 1. The predicted molar refractivity (Wildman–Crippen MR) is 58.6 cm³/mol. The summed E-state index contributed by atoms with van der Waals surface area (Å²) in [5, 5.41) is 0. The maximum absolute atomic E-state index is 5.43. The van der Waals surface area contributed by atoms with Crippen LogP contribution in [-0.2, 0) is 0 Å². The Kier molecular flexibility index (Phi) is 4.02. The van der Waals surface area contributed by atoms with Crippen molar-refractivity contribution in [3.05, 3.63) is 22.4 Å². The molecule has 0 aliphatic heterocycles. The first kappa shape index (κ1) is 10.8. The molecule has 1 heterocycles. The van der Waals surface area contributed by atoms with Crippen LogP contribution >= 0.6 is 28.2 Å². The van der Waals surface area contributed by atoms with Crippen molar-refractivity contribution in [2.75, 3.05) is 14.1 Å². The van der Waals surface area contributed by atoms with Crippen LogP contribution in [0.4, 0.5) is 0 Å². The summed E-state index contributed by atoms with van der Waals surface area (Å²) in [5.41, 5.74) is 0.887. The highest BCUT2D eigenvalue weighted by Crippen LogP contribution is 2.24. The number of aromatic nitrogens is 1. The quantitative estimate of drug-likeness (QED) is 0.618. The maximum atomic E-state index is 5.43. The van der Waals surface area contributed by atoms with Crippen molar-refractivity contribution in [3.63, 3.8) is 0 Å². The van der Waals surface area contributed by atoms with Crippen LogP contribution in [0.5, 0.6) is 5.75 Å². The van der Waals surface area contributed by atoms with Crippen molar-refractivity contribution >= 4 is 28.2 Å². The molecule has 0 amide bonds. The smallest absolute Gasteiger partial charge is 0.161 e. The van der Waals surface area contributed by atoms with Gasteiger partial charge in [0.25, 0.3) is 0 Å². The van der Waals surface area contributed by atoms with Gasteiger partial charge >= 0.3 is 0 Å². The minimum Gasteiger partial charge on any atom is -0.407 e. The van der Waals surface area contributed by atoms with Crippen molar-refractivity contribution in [1.82, 2.24) is 9.29 Å². The van der Waals surface area contributed by atoms with Gasteiger partial charge in [-0.3, -0.25) is 4.98 Å². The summed E-state index contributed by atoms with van der Waals surface area (Å²) in [5.74, 6) is 0.785. The number of nitrogens with zero attached hydrogens (tertiary/aromatic N) is 2. The standard InChI is InChI=1S/C8H11BrN2OS/c1-6-8(12-13-11(2)3)4-7(9)5-10-6/h4-5H,1-3H3. The van der Waals surface area contributed by atoms with Gasteiger partial charge in [0.1, 0.15) is 12.2 Å². The van der Waals surface area contributed by atoms with Crippen LogP contribution in [0.3, 0.4) is 0 Å². The van der Waals surface area contributed by atoms with Gasteiger partial charge < -0.3 is 4.18 Å². The van der Waals surface area contributed by atoms with Crippen LogP contribution in [0, 0.1) is 6.92 Å². The van der Waals surface area contributed by atoms with E-state index >= 15 is 0 Å². The molecular weight excluding hydrogens is 252 g/mol. The molecule has 5 heteroatoms. The topological polar surface area (TPSA) is 25.4 Å². The van der Waals surface area contributed by atoms with Crippen molar-refractivity contribution in [2.45, 2.75) is 6.92 Å². The molecule has 1 aromatic heterocycles. The van der Waals surface area contributed by atoms with Crippen molar-refractivity contribution < 1.29 is 4.18 Å². The van der Waals surface area contributed by atoms with Crippen LogP contribution in [0.2, 0.25) is 0 Å². The first-order valence-electron chi connectivity index (χ1n) is 3.73. The van der Waals surface area contributed by atoms with Crippen molar-refractivity contribution in [2.24, 2.45) is 0 Å². The summed E-state index contributed by atoms with van der Waals surface area (Å²) in [6, 6.07) is 1.90. The zero-order valence-electron chi connectivity index (χ0n) is 7.74. The molecule has 1 rings (SSSR count). The second-order valence-corrected chi connectivity index (χ2v) is 4.67. The molecule has 0 saturated heterocycles. The Bertz CT molecular complexity index is 293. The van der Waals surface area contributed by atoms with E-state index in [9.17, 15) is 0 Å². The van der Waals surface area contributed by atoms with E-state index in [4.69, 9.17) is 4.18 Å². The SMILES string of the molecule is Cc1ncc(Br)cc1OSN(C)C.